The molecule has 102 valence electrons. The molecule has 1 unspecified atom stereocenters. The van der Waals surface area contributed by atoms with E-state index >= 15 is 0 Å². The molecule has 2 N–H and O–H groups in total. The lowest BCUT2D eigenvalue weighted by Crippen LogP contribution is -2.37. The molecule has 2 rings (SSSR count). The van der Waals surface area contributed by atoms with Crippen LogP contribution in [-0.2, 0) is 6.42 Å². The van der Waals surface area contributed by atoms with Gasteiger partial charge in [0.15, 0.2) is 5.82 Å². The van der Waals surface area contributed by atoms with Crippen molar-refractivity contribution < 1.29 is 9.63 Å². The number of hydrogen-bond acceptors (Lipinski definition) is 6. The molecule has 0 saturated carbocycles. The van der Waals surface area contributed by atoms with Crippen molar-refractivity contribution in [2.24, 2.45) is 0 Å². The highest BCUT2D eigenvalue weighted by Crippen LogP contribution is 2.07. The summed E-state index contributed by atoms with van der Waals surface area (Å²) in [5.41, 5.74) is 0. The van der Waals surface area contributed by atoms with Gasteiger partial charge in [0.05, 0.1) is 6.10 Å². The number of nitrogens with zero attached hydrogens (tertiary/aromatic N) is 3. The maximum Gasteiger partial charge on any atom is 0.227 e. The summed E-state index contributed by atoms with van der Waals surface area (Å²) in [6.07, 6.45) is 2.93. The average Bonchev–Trinajstić information content (AvgIpc) is 2.96. The minimum Gasteiger partial charge on any atom is -0.390 e. The third kappa shape index (κ3) is 4.36. The molecular weight excluding hydrogens is 232 g/mol. The van der Waals surface area contributed by atoms with E-state index in [9.17, 15) is 5.11 Å². The SMILES string of the molecule is Cc1noc(CCNCC(O)CN2CCCC2)n1. The summed E-state index contributed by atoms with van der Waals surface area (Å²) in [7, 11) is 0. The van der Waals surface area contributed by atoms with Gasteiger partial charge in [0.25, 0.3) is 0 Å². The molecule has 2 heterocycles. The highest BCUT2D eigenvalue weighted by Gasteiger charge is 2.15. The van der Waals surface area contributed by atoms with Crippen molar-refractivity contribution in [2.45, 2.75) is 32.3 Å². The lowest BCUT2D eigenvalue weighted by Gasteiger charge is -2.19. The van der Waals surface area contributed by atoms with Crippen molar-refractivity contribution in [3.8, 4) is 0 Å². The molecule has 1 aliphatic heterocycles. The van der Waals surface area contributed by atoms with E-state index in [-0.39, 0.29) is 6.10 Å². The van der Waals surface area contributed by atoms with Gasteiger partial charge in [-0.2, -0.15) is 4.98 Å². The van der Waals surface area contributed by atoms with Gasteiger partial charge in [0, 0.05) is 26.1 Å². The Morgan fingerprint density at radius 1 is 1.44 bits per heavy atom. The van der Waals surface area contributed by atoms with Crippen LogP contribution in [0.4, 0.5) is 0 Å². The number of likely N-dealkylation sites (tertiary alicyclic amines) is 1. The average molecular weight is 254 g/mol. The Labute approximate surface area is 107 Å². The number of aromatic nitrogens is 2. The van der Waals surface area contributed by atoms with Gasteiger partial charge in [-0.3, -0.25) is 0 Å². The summed E-state index contributed by atoms with van der Waals surface area (Å²) in [6, 6.07) is 0. The van der Waals surface area contributed by atoms with Crippen LogP contribution in [0.15, 0.2) is 4.52 Å². The van der Waals surface area contributed by atoms with E-state index in [1.807, 2.05) is 0 Å². The first-order valence-electron chi connectivity index (χ1n) is 6.64. The van der Waals surface area contributed by atoms with Crippen LogP contribution in [0.1, 0.15) is 24.6 Å². The molecular formula is C12H22N4O2. The van der Waals surface area contributed by atoms with Crippen molar-refractivity contribution in [3.05, 3.63) is 11.7 Å². The molecule has 0 amide bonds. The summed E-state index contributed by atoms with van der Waals surface area (Å²) in [6.45, 7) is 6.19. The number of aliphatic hydroxyl groups excluding tert-OH is 1. The summed E-state index contributed by atoms with van der Waals surface area (Å²) in [5.74, 6) is 1.31. The molecule has 0 spiro atoms. The van der Waals surface area contributed by atoms with E-state index in [2.05, 4.69) is 20.4 Å². The van der Waals surface area contributed by atoms with Gasteiger partial charge in [0.1, 0.15) is 0 Å². The number of β-amino-alcohol motifs (C(OH)–C–C–N with tert-alkyl or cyclic N) is 1. The number of rotatable bonds is 7. The van der Waals surface area contributed by atoms with Crippen molar-refractivity contribution in [1.82, 2.24) is 20.4 Å². The summed E-state index contributed by atoms with van der Waals surface area (Å²) in [5, 5.41) is 16.8. The Balaban J connectivity index is 1.54. The van der Waals surface area contributed by atoms with Crippen LogP contribution in [0, 0.1) is 6.92 Å². The fourth-order valence-electron chi connectivity index (χ4n) is 2.23. The zero-order valence-electron chi connectivity index (χ0n) is 10.9. The molecule has 0 bridgehead atoms. The number of hydrogen-bond donors (Lipinski definition) is 2. The smallest absolute Gasteiger partial charge is 0.227 e. The Morgan fingerprint density at radius 2 is 2.22 bits per heavy atom. The van der Waals surface area contributed by atoms with Gasteiger partial charge < -0.3 is 19.8 Å². The van der Waals surface area contributed by atoms with Crippen LogP contribution >= 0.6 is 0 Å². The topological polar surface area (TPSA) is 74.4 Å². The Morgan fingerprint density at radius 3 is 2.89 bits per heavy atom. The van der Waals surface area contributed by atoms with E-state index in [0.29, 0.717) is 24.7 Å². The second kappa shape index (κ2) is 6.82. The summed E-state index contributed by atoms with van der Waals surface area (Å²) < 4.78 is 5.01. The van der Waals surface area contributed by atoms with E-state index < -0.39 is 0 Å². The molecule has 6 heteroatoms. The van der Waals surface area contributed by atoms with Crippen LogP contribution in [0.25, 0.3) is 0 Å². The predicted octanol–water partition coefficient (Wildman–Crippen LogP) is -0.0332. The standard InChI is InChI=1S/C12H22N4O2/c1-10-14-12(18-15-10)4-5-13-8-11(17)9-16-6-2-3-7-16/h11,13,17H,2-9H2,1H3. The molecule has 1 aliphatic rings. The molecule has 0 aromatic carbocycles. The maximum atomic E-state index is 9.86. The van der Waals surface area contributed by atoms with Crippen LogP contribution in [0.5, 0.6) is 0 Å². The van der Waals surface area contributed by atoms with Gasteiger partial charge in [0.2, 0.25) is 5.89 Å². The molecule has 1 fully saturated rings. The second-order valence-electron chi connectivity index (χ2n) is 4.85. The minimum atomic E-state index is -0.299. The Kier molecular flexibility index (Phi) is 5.10. The van der Waals surface area contributed by atoms with E-state index in [0.717, 1.165) is 26.2 Å². The third-order valence-electron chi connectivity index (χ3n) is 3.13. The first-order valence-corrected chi connectivity index (χ1v) is 6.64. The van der Waals surface area contributed by atoms with Crippen molar-refractivity contribution >= 4 is 0 Å². The maximum absolute atomic E-state index is 9.86. The monoisotopic (exact) mass is 254 g/mol. The molecule has 18 heavy (non-hydrogen) atoms. The zero-order chi connectivity index (χ0) is 12.8. The zero-order valence-corrected chi connectivity index (χ0v) is 10.9. The number of aryl methyl sites for hydroxylation is 1. The first-order chi connectivity index (χ1) is 8.74. The summed E-state index contributed by atoms with van der Waals surface area (Å²) >= 11 is 0. The van der Waals surface area contributed by atoms with Crippen LogP contribution in [-0.4, -0.2) is 59.0 Å². The lowest BCUT2D eigenvalue weighted by atomic mass is 10.3. The molecule has 1 aromatic heterocycles. The largest absolute Gasteiger partial charge is 0.390 e. The lowest BCUT2D eigenvalue weighted by molar-refractivity contribution is 0.123. The Hall–Kier alpha value is -0.980. The molecule has 1 saturated heterocycles. The van der Waals surface area contributed by atoms with Gasteiger partial charge in [-0.25, -0.2) is 0 Å². The molecule has 1 aromatic rings. The fraction of sp³-hybridized carbons (Fsp3) is 0.833. The highest BCUT2D eigenvalue weighted by molar-refractivity contribution is 4.83. The van der Waals surface area contributed by atoms with E-state index in [4.69, 9.17) is 4.52 Å². The highest BCUT2D eigenvalue weighted by atomic mass is 16.5. The second-order valence-corrected chi connectivity index (χ2v) is 4.85. The predicted molar refractivity (Wildman–Crippen MR) is 67.3 cm³/mol. The van der Waals surface area contributed by atoms with E-state index in [1.54, 1.807) is 6.92 Å². The van der Waals surface area contributed by atoms with Gasteiger partial charge in [-0.15, -0.1) is 0 Å². The van der Waals surface area contributed by atoms with Gasteiger partial charge in [-0.05, 0) is 32.9 Å². The Bertz CT molecular complexity index is 350. The van der Waals surface area contributed by atoms with Crippen molar-refractivity contribution in [2.75, 3.05) is 32.7 Å². The molecule has 1 atom stereocenters. The molecule has 0 radical (unpaired) electrons. The molecule has 6 nitrogen and oxygen atoms in total. The van der Waals surface area contributed by atoms with Crippen LogP contribution in [0.2, 0.25) is 0 Å². The van der Waals surface area contributed by atoms with Crippen molar-refractivity contribution in [1.29, 1.82) is 0 Å². The molecule has 0 aliphatic carbocycles. The first kappa shape index (κ1) is 13.5. The van der Waals surface area contributed by atoms with Crippen LogP contribution in [0.3, 0.4) is 0 Å². The number of aliphatic hydroxyl groups is 1. The van der Waals surface area contributed by atoms with Crippen molar-refractivity contribution in [3.63, 3.8) is 0 Å². The fourth-order valence-corrected chi connectivity index (χ4v) is 2.23. The number of nitrogens with one attached hydrogen (secondary N) is 1. The third-order valence-corrected chi connectivity index (χ3v) is 3.13. The van der Waals surface area contributed by atoms with E-state index in [1.165, 1.54) is 12.8 Å². The minimum absolute atomic E-state index is 0.299. The van der Waals surface area contributed by atoms with Gasteiger partial charge >= 0.3 is 0 Å². The summed E-state index contributed by atoms with van der Waals surface area (Å²) in [4.78, 5) is 6.44. The van der Waals surface area contributed by atoms with Crippen LogP contribution < -0.4 is 5.32 Å². The quantitative estimate of drug-likeness (QED) is 0.665. The van der Waals surface area contributed by atoms with Gasteiger partial charge in [-0.1, -0.05) is 5.16 Å². The normalized spacial score (nSPS) is 18.3.